The number of rotatable bonds is 23. The van der Waals surface area contributed by atoms with Gasteiger partial charge in [-0.2, -0.15) is 0 Å². The molecule has 5 aliphatic rings. The Morgan fingerprint density at radius 2 is 0.916 bits per heavy atom. The first-order valence-corrected chi connectivity index (χ1v) is 47.6. The van der Waals surface area contributed by atoms with Crippen molar-refractivity contribution in [3.8, 4) is 72.5 Å². The average molecular weight is 1800 g/mol. The van der Waals surface area contributed by atoms with Gasteiger partial charge in [0.05, 0.1) is 41.5 Å². The number of carbonyl (C=O) groups excluding carboxylic acids is 1. The SMILES string of the molecule is COCCOC(=O)C[C@@H]1N=C(c2ccc(C(C)C)cc2)c2c(sc(C)c2C)-n2c(C)nnc21.Cc1noc(C)c1-c1cc(O)cc(C(O)c2ccc(C(C)C)cc2)c1.Cc1noc(C)c1-c1cc(O)cc(CC2CC3(C2)CC(C(C)C)C3)c1.Cc1noc(C)c1-c1cc(O)cc(CN2CCC(C(C)C)CC2)c1.Cc1noc(C)c1-c1cc(O)cc(CN2CCN(C(C)C)CC2)c1. The molecular formula is C107H137N11O12S. The molecule has 6 aromatic carbocycles. The number of likely N-dealkylation sites (tertiary alicyclic amines) is 1. The number of benzene rings is 6. The summed E-state index contributed by atoms with van der Waals surface area (Å²) in [7, 11) is 1.58. The summed E-state index contributed by atoms with van der Waals surface area (Å²) in [6.07, 6.45) is 8.49. The number of nitrogens with zero attached hydrogens (tertiary/aromatic N) is 11. The van der Waals surface area contributed by atoms with Gasteiger partial charge in [0, 0.05) is 90.7 Å². The summed E-state index contributed by atoms with van der Waals surface area (Å²) in [4.78, 5) is 26.4. The quantitative estimate of drug-likeness (QED) is 0.0294. The summed E-state index contributed by atoms with van der Waals surface area (Å²) >= 11 is 1.71. The predicted octanol–water partition coefficient (Wildman–Crippen LogP) is 23.1. The number of aromatic hydroxyl groups is 4. The summed E-state index contributed by atoms with van der Waals surface area (Å²) in [5.74, 6) is 10.3. The van der Waals surface area contributed by atoms with Gasteiger partial charge in [-0.3, -0.25) is 29.1 Å². The molecule has 1 spiro atoms. The second kappa shape index (κ2) is 42.8. The number of methoxy groups -OCH3 is 1. The molecule has 0 amide bonds. The Kier molecular flexibility index (Phi) is 31.9. The largest absolute Gasteiger partial charge is 0.508 e. The molecule has 2 aliphatic carbocycles. The van der Waals surface area contributed by atoms with Gasteiger partial charge < -0.3 is 53.1 Å². The number of thiophene rings is 1. The Hall–Kier alpha value is -10.9. The molecule has 23 nitrogen and oxygen atoms in total. The monoisotopic (exact) mass is 1800 g/mol. The summed E-state index contributed by atoms with van der Waals surface area (Å²) in [5, 5.41) is 77.2. The number of carbonyl (C=O) groups is 1. The van der Waals surface area contributed by atoms with Gasteiger partial charge in [-0.15, -0.1) is 21.5 Å². The van der Waals surface area contributed by atoms with Crippen LogP contribution in [0.25, 0.3) is 49.5 Å². The van der Waals surface area contributed by atoms with E-state index < -0.39 is 12.1 Å². The number of aliphatic imine (C=N–C) groups is 1. The van der Waals surface area contributed by atoms with Crippen LogP contribution in [0.3, 0.4) is 0 Å². The minimum absolute atomic E-state index is 0.0857. The molecule has 4 fully saturated rings. The zero-order valence-corrected chi connectivity index (χ0v) is 81.8. The van der Waals surface area contributed by atoms with E-state index in [-0.39, 0.29) is 24.7 Å². The number of hydrogen-bond acceptors (Lipinski definition) is 23. The van der Waals surface area contributed by atoms with Crippen molar-refractivity contribution < 1.29 is 57.9 Å². The fourth-order valence-corrected chi connectivity index (χ4v) is 21.0. The third-order valence-electron chi connectivity index (χ3n) is 27.2. The second-order valence-corrected chi connectivity index (χ2v) is 39.9. The van der Waals surface area contributed by atoms with E-state index >= 15 is 0 Å². The van der Waals surface area contributed by atoms with Crippen molar-refractivity contribution >= 4 is 23.0 Å². The summed E-state index contributed by atoms with van der Waals surface area (Å²) in [6, 6.07) is 39.2. The molecule has 2 atom stereocenters. The first-order valence-electron chi connectivity index (χ1n) is 46.8. The zero-order valence-electron chi connectivity index (χ0n) is 81.0. The summed E-state index contributed by atoms with van der Waals surface area (Å²) in [5.41, 5.74) is 23.2. The fourth-order valence-electron chi connectivity index (χ4n) is 19.8. The molecule has 698 valence electrons. The van der Waals surface area contributed by atoms with Crippen LogP contribution >= 0.6 is 11.3 Å². The lowest BCUT2D eigenvalue weighted by molar-refractivity contribution is -0.145. The molecule has 9 heterocycles. The van der Waals surface area contributed by atoms with E-state index in [2.05, 4.69) is 171 Å². The molecule has 0 radical (unpaired) electrons. The van der Waals surface area contributed by atoms with Crippen molar-refractivity contribution in [3.05, 3.63) is 239 Å². The highest BCUT2D eigenvalue weighted by molar-refractivity contribution is 7.15. The summed E-state index contributed by atoms with van der Waals surface area (Å²) < 4.78 is 33.4. The van der Waals surface area contributed by atoms with Crippen LogP contribution in [0, 0.1) is 111 Å². The molecule has 3 aliphatic heterocycles. The van der Waals surface area contributed by atoms with Crippen molar-refractivity contribution in [2.45, 2.75) is 240 Å². The number of aryl methyl sites for hydroxylation is 10. The van der Waals surface area contributed by atoms with Gasteiger partial charge in [-0.1, -0.05) is 131 Å². The minimum atomic E-state index is -0.812. The van der Waals surface area contributed by atoms with Crippen LogP contribution in [0.5, 0.6) is 23.0 Å². The normalized spacial score (nSPS) is 17.8. The Labute approximate surface area is 777 Å². The lowest BCUT2D eigenvalue weighted by Gasteiger charge is -2.59. The van der Waals surface area contributed by atoms with Gasteiger partial charge in [0.25, 0.3) is 0 Å². The van der Waals surface area contributed by atoms with Gasteiger partial charge in [-0.25, -0.2) is 0 Å². The number of piperazine rings is 1. The molecule has 12 aromatic rings. The highest BCUT2D eigenvalue weighted by atomic mass is 32.1. The molecule has 0 bridgehead atoms. The fraction of sp³-hybridized carbons (Fsp3) is 0.477. The molecule has 5 N–H and O–H groups in total. The average Bonchev–Trinajstić information content (AvgIpc) is 1.18. The van der Waals surface area contributed by atoms with E-state index in [4.69, 9.17) is 32.6 Å². The third kappa shape index (κ3) is 23.6. The topological polar surface area (TPSA) is 294 Å². The molecule has 1 unspecified atom stereocenters. The maximum absolute atomic E-state index is 12.6. The van der Waals surface area contributed by atoms with Crippen LogP contribution in [-0.2, 0) is 33.8 Å². The minimum Gasteiger partial charge on any atom is -0.508 e. The standard InChI is InChI=1S/C25H30N4O3S.C22H29NO2.C21H23NO3.C20H28N2O2.C19H27N3O2/c1-14(2)18-7-9-19(10-8-18)23-22-15(3)16(4)33-25(22)29-17(5)27-28-24(29)20(26-23)13-21(30)32-12-11-31-6;1-13(2)19-11-22(12-19)9-17(10-22)5-16-6-18(8-20(24)7-16)21-14(3)23-25-15(21)4;1-12(2)15-5-7-16(8-6-15)21(24)18-9-17(10-19(23)11-18)20-13(3)22-25-14(20)4;1-13(2)17-5-7-22(8-6-17)12-16-9-18(11-19(23)10-16)20-14(3)21-24-15(20)4;1-13(2)22-7-5-21(6-8-22)12-16-9-17(11-18(23)10-16)19-14(3)20-24-15(19)4/h7-10,14,20H,11-13H2,1-6H3;6-8,13,17,19,24H,5,9-12H2,1-4H3;5-12,21,23-24H,1-4H3;9-11,13,17,23H,5-8,12H2,1-4H3;9-11,13,23H,5-8,12H2,1-4H3/t20-;;;;/m0..../s1. The van der Waals surface area contributed by atoms with Crippen molar-refractivity contribution in [1.29, 1.82) is 0 Å². The molecule has 2 saturated carbocycles. The summed E-state index contributed by atoms with van der Waals surface area (Å²) in [6.45, 7) is 52.9. The first kappa shape index (κ1) is 97.7. The molecule has 6 aromatic heterocycles. The second-order valence-electron chi connectivity index (χ2n) is 38.7. The Morgan fingerprint density at radius 3 is 1.36 bits per heavy atom. The third-order valence-corrected chi connectivity index (χ3v) is 28.4. The van der Waals surface area contributed by atoms with Gasteiger partial charge >= 0.3 is 5.97 Å². The number of phenolic OH excluding ortho intramolecular Hbond substituents is 4. The van der Waals surface area contributed by atoms with E-state index in [1.165, 1.54) is 65.7 Å². The zero-order chi connectivity index (χ0) is 94.1. The van der Waals surface area contributed by atoms with E-state index in [1.807, 2.05) is 121 Å². The van der Waals surface area contributed by atoms with Crippen molar-refractivity contribution in [2.75, 3.05) is 59.6 Å². The Balaban J connectivity index is 0.000000140. The first-order chi connectivity index (χ1) is 62.4. The van der Waals surface area contributed by atoms with Crippen LogP contribution in [0.2, 0.25) is 0 Å². The highest BCUT2D eigenvalue weighted by Gasteiger charge is 2.53. The van der Waals surface area contributed by atoms with Gasteiger partial charge in [0.15, 0.2) is 5.82 Å². The number of aliphatic hydroxyl groups excluding tert-OH is 1. The van der Waals surface area contributed by atoms with Crippen LogP contribution in [-0.4, -0.2) is 153 Å². The van der Waals surface area contributed by atoms with Crippen LogP contribution in [0.4, 0.5) is 0 Å². The van der Waals surface area contributed by atoms with E-state index in [1.54, 1.807) is 42.7 Å². The number of esters is 1. The Bertz CT molecular complexity index is 5690. The number of ether oxygens (including phenoxy) is 2. The number of aromatic nitrogens is 7. The number of phenols is 4. The number of hydrogen-bond donors (Lipinski definition) is 5. The van der Waals surface area contributed by atoms with Crippen LogP contribution in [0.15, 0.2) is 144 Å². The van der Waals surface area contributed by atoms with Gasteiger partial charge in [-0.05, 0) is 328 Å². The molecule has 17 rings (SSSR count). The lowest BCUT2D eigenvalue weighted by atomic mass is 9.46. The molecule has 2 saturated heterocycles. The van der Waals surface area contributed by atoms with Crippen LogP contribution < -0.4 is 0 Å². The maximum atomic E-state index is 12.6. The van der Waals surface area contributed by atoms with Gasteiger partial charge in [0.1, 0.15) is 75.6 Å². The Morgan fingerprint density at radius 1 is 0.481 bits per heavy atom. The van der Waals surface area contributed by atoms with E-state index in [0.29, 0.717) is 64.3 Å². The number of piperidine rings is 1. The molecule has 24 heteroatoms. The van der Waals surface area contributed by atoms with E-state index in [0.717, 1.165) is 217 Å². The van der Waals surface area contributed by atoms with E-state index in [9.17, 15) is 30.3 Å². The maximum Gasteiger partial charge on any atom is 0.308 e. The highest BCUT2D eigenvalue weighted by Crippen LogP contribution is 2.63. The van der Waals surface area contributed by atoms with Crippen LogP contribution in [0.1, 0.15) is 256 Å². The lowest BCUT2D eigenvalue weighted by Crippen LogP contribution is -2.49. The van der Waals surface area contributed by atoms with Crippen molar-refractivity contribution in [1.82, 2.24) is 50.1 Å². The predicted molar refractivity (Wildman–Crippen MR) is 518 cm³/mol. The molecular weight excluding hydrogens is 1660 g/mol. The number of aliphatic hydroxyl groups is 1. The van der Waals surface area contributed by atoms with Crippen molar-refractivity contribution in [3.63, 3.8) is 0 Å². The van der Waals surface area contributed by atoms with Gasteiger partial charge in [0.2, 0.25) is 0 Å². The number of fused-ring (bicyclic) bond motifs is 3. The molecule has 131 heavy (non-hydrogen) atoms. The van der Waals surface area contributed by atoms with Crippen molar-refractivity contribution in [2.24, 2.45) is 40.0 Å². The smallest absolute Gasteiger partial charge is 0.308 e.